The van der Waals surface area contributed by atoms with E-state index in [9.17, 15) is 4.79 Å². The molecule has 0 bridgehead atoms. The molecule has 1 aliphatic heterocycles. The maximum atomic E-state index is 11.5. The third-order valence-electron chi connectivity index (χ3n) is 4.65. The van der Waals surface area contributed by atoms with Crippen molar-refractivity contribution >= 4 is 5.91 Å². The highest BCUT2D eigenvalue weighted by molar-refractivity contribution is 5.76. The number of aryl methyl sites for hydroxylation is 2. The molecule has 132 valence electrons. The molecule has 1 saturated heterocycles. The zero-order valence-corrected chi connectivity index (χ0v) is 14.5. The van der Waals surface area contributed by atoms with Crippen molar-refractivity contribution in [1.82, 2.24) is 25.1 Å². The molecule has 1 aliphatic rings. The Morgan fingerprint density at radius 3 is 2.65 bits per heavy atom. The lowest BCUT2D eigenvalue weighted by molar-refractivity contribution is -0.122. The number of pyridine rings is 1. The molecule has 3 heterocycles. The predicted molar refractivity (Wildman–Crippen MR) is 98.0 cm³/mol. The summed E-state index contributed by atoms with van der Waals surface area (Å²) in [5.74, 6) is 2.72. The van der Waals surface area contributed by atoms with Gasteiger partial charge in [0.25, 0.3) is 0 Å². The Morgan fingerprint density at radius 2 is 1.92 bits per heavy atom. The van der Waals surface area contributed by atoms with Crippen LogP contribution in [0.4, 0.5) is 0 Å². The summed E-state index contributed by atoms with van der Waals surface area (Å²) in [4.78, 5) is 20.7. The summed E-state index contributed by atoms with van der Waals surface area (Å²) in [6.07, 6.45) is 4.74. The Balaban J connectivity index is 1.60. The molecule has 2 aromatic heterocycles. The lowest BCUT2D eigenvalue weighted by Crippen LogP contribution is -2.34. The van der Waals surface area contributed by atoms with Crippen LogP contribution in [0.25, 0.3) is 5.82 Å². The second-order valence-corrected chi connectivity index (χ2v) is 6.51. The van der Waals surface area contributed by atoms with Crippen molar-refractivity contribution in [3.8, 4) is 5.82 Å². The van der Waals surface area contributed by atoms with E-state index in [0.29, 0.717) is 13.0 Å². The van der Waals surface area contributed by atoms with Crippen molar-refractivity contribution in [3.63, 3.8) is 0 Å². The van der Waals surface area contributed by atoms with Crippen LogP contribution in [0.2, 0.25) is 0 Å². The molecule has 1 N–H and O–H groups in total. The van der Waals surface area contributed by atoms with Gasteiger partial charge in [-0.15, -0.1) is 5.10 Å². The van der Waals surface area contributed by atoms with Gasteiger partial charge in [0.15, 0.2) is 11.6 Å². The van der Waals surface area contributed by atoms with Gasteiger partial charge in [0.2, 0.25) is 5.91 Å². The molecule has 1 atom stereocenters. The Hall–Kier alpha value is -3.02. The number of carbonyl (C=O) groups excluding carboxylic acids is 1. The minimum atomic E-state index is 0.106. The second kappa shape index (κ2) is 7.47. The number of hydrogen-bond donors (Lipinski definition) is 1. The molecular formula is C20H21N5O. The van der Waals surface area contributed by atoms with Gasteiger partial charge in [-0.3, -0.25) is 4.79 Å². The van der Waals surface area contributed by atoms with E-state index >= 15 is 0 Å². The quantitative estimate of drug-likeness (QED) is 0.769. The molecule has 3 aromatic rings. The van der Waals surface area contributed by atoms with Crippen LogP contribution in [0.1, 0.15) is 36.0 Å². The molecule has 1 fully saturated rings. The van der Waals surface area contributed by atoms with Gasteiger partial charge < -0.3 is 5.32 Å². The summed E-state index contributed by atoms with van der Waals surface area (Å²) in [5, 5.41) is 7.66. The van der Waals surface area contributed by atoms with E-state index in [1.54, 1.807) is 6.20 Å². The highest BCUT2D eigenvalue weighted by atomic mass is 16.1. The van der Waals surface area contributed by atoms with Crippen LogP contribution < -0.4 is 5.32 Å². The number of carbonyl (C=O) groups is 1. The second-order valence-electron chi connectivity index (χ2n) is 6.51. The first kappa shape index (κ1) is 16.4. The number of hydrogen-bond acceptors (Lipinski definition) is 4. The summed E-state index contributed by atoms with van der Waals surface area (Å²) in [6, 6.07) is 16.1. The predicted octanol–water partition coefficient (Wildman–Crippen LogP) is 2.44. The number of rotatable bonds is 5. The van der Waals surface area contributed by atoms with Gasteiger partial charge in [-0.1, -0.05) is 36.4 Å². The van der Waals surface area contributed by atoms with Gasteiger partial charge in [-0.25, -0.2) is 9.97 Å². The lowest BCUT2D eigenvalue weighted by atomic mass is 9.98. The molecule has 1 amide bonds. The van der Waals surface area contributed by atoms with Crippen molar-refractivity contribution in [2.45, 2.75) is 31.6 Å². The van der Waals surface area contributed by atoms with E-state index in [1.165, 1.54) is 5.56 Å². The van der Waals surface area contributed by atoms with Gasteiger partial charge in [0, 0.05) is 31.5 Å². The third kappa shape index (κ3) is 3.64. The van der Waals surface area contributed by atoms with E-state index in [2.05, 4.69) is 22.4 Å². The average Bonchev–Trinajstić information content (AvgIpc) is 3.13. The maximum absolute atomic E-state index is 11.5. The number of amides is 1. The van der Waals surface area contributed by atoms with Crippen LogP contribution >= 0.6 is 0 Å². The molecular weight excluding hydrogens is 326 g/mol. The minimum Gasteiger partial charge on any atom is -0.355 e. The van der Waals surface area contributed by atoms with Gasteiger partial charge in [-0.05, 0) is 30.5 Å². The van der Waals surface area contributed by atoms with Crippen LogP contribution in [-0.4, -0.2) is 32.2 Å². The summed E-state index contributed by atoms with van der Waals surface area (Å²) in [5.41, 5.74) is 1.27. The van der Waals surface area contributed by atoms with E-state index < -0.39 is 0 Å². The van der Waals surface area contributed by atoms with Gasteiger partial charge in [0.1, 0.15) is 5.82 Å². The molecule has 6 heteroatoms. The van der Waals surface area contributed by atoms with Crippen LogP contribution in [0, 0.1) is 0 Å². The van der Waals surface area contributed by atoms with E-state index in [4.69, 9.17) is 10.1 Å². The fourth-order valence-corrected chi connectivity index (χ4v) is 3.24. The monoisotopic (exact) mass is 347 g/mol. The van der Waals surface area contributed by atoms with Crippen molar-refractivity contribution < 1.29 is 4.79 Å². The molecule has 0 saturated carbocycles. The summed E-state index contributed by atoms with van der Waals surface area (Å²) >= 11 is 0. The first-order valence-corrected chi connectivity index (χ1v) is 8.97. The highest BCUT2D eigenvalue weighted by Crippen LogP contribution is 2.24. The molecule has 4 rings (SSSR count). The SMILES string of the molecule is O=C1CC[C@@H](c2nc(CCc3ccccc3)nn2-c2ccccn2)CN1. The van der Waals surface area contributed by atoms with Crippen LogP contribution in [0.5, 0.6) is 0 Å². The molecule has 6 nitrogen and oxygen atoms in total. The first-order chi connectivity index (χ1) is 12.8. The Kier molecular flexibility index (Phi) is 4.73. The summed E-state index contributed by atoms with van der Waals surface area (Å²) in [6.45, 7) is 0.600. The average molecular weight is 347 g/mol. The summed E-state index contributed by atoms with van der Waals surface area (Å²) in [7, 11) is 0. The van der Waals surface area contributed by atoms with Crippen molar-refractivity contribution in [1.29, 1.82) is 0 Å². The van der Waals surface area contributed by atoms with Crippen molar-refractivity contribution in [3.05, 3.63) is 71.9 Å². The molecule has 0 spiro atoms. The zero-order valence-electron chi connectivity index (χ0n) is 14.5. The number of nitrogens with zero attached hydrogens (tertiary/aromatic N) is 4. The topological polar surface area (TPSA) is 72.7 Å². The Labute approximate surface area is 152 Å². The fourth-order valence-electron chi connectivity index (χ4n) is 3.24. The van der Waals surface area contributed by atoms with Crippen molar-refractivity contribution in [2.24, 2.45) is 0 Å². The van der Waals surface area contributed by atoms with Gasteiger partial charge in [-0.2, -0.15) is 4.68 Å². The molecule has 0 aliphatic carbocycles. The molecule has 0 unspecified atom stereocenters. The van der Waals surface area contributed by atoms with Gasteiger partial charge in [0.05, 0.1) is 0 Å². The number of nitrogens with one attached hydrogen (secondary N) is 1. The Bertz CT molecular complexity index is 866. The molecule has 1 aromatic carbocycles. The minimum absolute atomic E-state index is 0.106. The van der Waals surface area contributed by atoms with E-state index in [0.717, 1.165) is 36.7 Å². The lowest BCUT2D eigenvalue weighted by Gasteiger charge is -2.21. The maximum Gasteiger partial charge on any atom is 0.220 e. The molecule has 0 radical (unpaired) electrons. The number of benzene rings is 1. The largest absolute Gasteiger partial charge is 0.355 e. The number of aromatic nitrogens is 4. The van der Waals surface area contributed by atoms with E-state index in [-0.39, 0.29) is 11.8 Å². The summed E-state index contributed by atoms with van der Waals surface area (Å²) < 4.78 is 1.84. The third-order valence-corrected chi connectivity index (χ3v) is 4.65. The van der Waals surface area contributed by atoms with Crippen LogP contribution in [0.3, 0.4) is 0 Å². The van der Waals surface area contributed by atoms with Crippen LogP contribution in [-0.2, 0) is 17.6 Å². The highest BCUT2D eigenvalue weighted by Gasteiger charge is 2.26. The fraction of sp³-hybridized carbons (Fsp3) is 0.300. The van der Waals surface area contributed by atoms with Crippen LogP contribution in [0.15, 0.2) is 54.7 Å². The Morgan fingerprint density at radius 1 is 1.08 bits per heavy atom. The smallest absolute Gasteiger partial charge is 0.220 e. The first-order valence-electron chi connectivity index (χ1n) is 8.97. The van der Waals surface area contributed by atoms with E-state index in [1.807, 2.05) is 41.1 Å². The van der Waals surface area contributed by atoms with Crippen molar-refractivity contribution in [2.75, 3.05) is 6.54 Å². The number of piperidine rings is 1. The molecule has 26 heavy (non-hydrogen) atoms. The normalized spacial score (nSPS) is 17.1. The standard InChI is InChI=1S/C20H21N5O/c26-19-12-10-16(14-22-19)20-23-17(11-9-15-6-2-1-3-7-15)24-25(20)18-8-4-5-13-21-18/h1-8,13,16H,9-12,14H2,(H,22,26)/t16-/m1/s1. The zero-order chi connectivity index (χ0) is 17.8. The van der Waals surface area contributed by atoms with Gasteiger partial charge >= 0.3 is 0 Å².